The molecule has 0 aliphatic carbocycles. The molecule has 0 bridgehead atoms. The van der Waals surface area contributed by atoms with E-state index in [0.29, 0.717) is 42.7 Å². The molecular formula is C21H21N3O4. The molecule has 1 aromatic heterocycles. The number of benzene rings is 2. The molecule has 3 aromatic rings. The van der Waals surface area contributed by atoms with Gasteiger partial charge in [-0.05, 0) is 17.7 Å². The van der Waals surface area contributed by atoms with E-state index in [0.717, 1.165) is 5.56 Å². The second kappa shape index (κ2) is 8.22. The largest absolute Gasteiger partial charge is 0.485 e. The summed E-state index contributed by atoms with van der Waals surface area (Å²) in [6, 6.07) is 17.2. The molecule has 2 heterocycles. The average Bonchev–Trinajstić information content (AvgIpc) is 3.18. The van der Waals surface area contributed by atoms with E-state index in [1.54, 1.807) is 19.1 Å². The highest BCUT2D eigenvalue weighted by Crippen LogP contribution is 2.26. The topological polar surface area (TPSA) is 77.7 Å². The van der Waals surface area contributed by atoms with Gasteiger partial charge in [-0.2, -0.15) is 4.98 Å². The maximum absolute atomic E-state index is 13.2. The summed E-state index contributed by atoms with van der Waals surface area (Å²) in [5, 5.41) is 3.82. The molecule has 1 saturated heterocycles. The van der Waals surface area contributed by atoms with Crippen molar-refractivity contribution >= 4 is 5.91 Å². The zero-order chi connectivity index (χ0) is 19.3. The van der Waals surface area contributed by atoms with Crippen LogP contribution in [0.25, 0.3) is 0 Å². The van der Waals surface area contributed by atoms with Gasteiger partial charge in [-0.3, -0.25) is 4.79 Å². The molecule has 7 heteroatoms. The molecule has 0 radical (unpaired) electrons. The van der Waals surface area contributed by atoms with Crippen LogP contribution in [0, 0.1) is 6.92 Å². The van der Waals surface area contributed by atoms with Gasteiger partial charge in [-0.1, -0.05) is 47.6 Å². The first-order valence-electron chi connectivity index (χ1n) is 9.17. The lowest BCUT2D eigenvalue weighted by Gasteiger charge is -2.33. The second-order valence-corrected chi connectivity index (χ2v) is 6.54. The first-order chi connectivity index (χ1) is 13.7. The summed E-state index contributed by atoms with van der Waals surface area (Å²) in [5.41, 5.74) is 1.58. The van der Waals surface area contributed by atoms with Gasteiger partial charge in [0, 0.05) is 13.5 Å². The lowest BCUT2D eigenvalue weighted by atomic mass is 10.1. The lowest BCUT2D eigenvalue weighted by Crippen LogP contribution is -2.42. The van der Waals surface area contributed by atoms with Crippen LogP contribution >= 0.6 is 0 Å². The number of carbonyl (C=O) groups excluding carboxylic acids is 1. The fourth-order valence-electron chi connectivity index (χ4n) is 3.18. The highest BCUT2D eigenvalue weighted by atomic mass is 16.5. The summed E-state index contributed by atoms with van der Waals surface area (Å²) < 4.78 is 16.6. The quantitative estimate of drug-likeness (QED) is 0.678. The summed E-state index contributed by atoms with van der Waals surface area (Å²) in [4.78, 5) is 19.1. The number of hydrogen-bond acceptors (Lipinski definition) is 6. The van der Waals surface area contributed by atoms with E-state index in [1.807, 2.05) is 47.4 Å². The van der Waals surface area contributed by atoms with E-state index >= 15 is 0 Å². The molecule has 1 unspecified atom stereocenters. The highest BCUT2D eigenvalue weighted by Gasteiger charge is 2.27. The highest BCUT2D eigenvalue weighted by molar-refractivity contribution is 5.97. The van der Waals surface area contributed by atoms with Crippen molar-refractivity contribution in [2.24, 2.45) is 0 Å². The Kier molecular flexibility index (Phi) is 5.34. The van der Waals surface area contributed by atoms with Gasteiger partial charge in [0.25, 0.3) is 5.91 Å². The van der Waals surface area contributed by atoms with Gasteiger partial charge < -0.3 is 18.9 Å². The minimum absolute atomic E-state index is 0.0795. The van der Waals surface area contributed by atoms with Crippen LogP contribution in [-0.2, 0) is 11.3 Å². The summed E-state index contributed by atoms with van der Waals surface area (Å²) in [6.45, 7) is 3.39. The Hall–Kier alpha value is -3.19. The number of nitrogens with zero attached hydrogens (tertiary/aromatic N) is 3. The van der Waals surface area contributed by atoms with Crippen molar-refractivity contribution in [2.75, 3.05) is 19.7 Å². The lowest BCUT2D eigenvalue weighted by molar-refractivity contribution is -0.0229. The maximum atomic E-state index is 13.2. The van der Waals surface area contributed by atoms with Gasteiger partial charge in [0.2, 0.25) is 11.7 Å². The minimum Gasteiger partial charge on any atom is -0.485 e. The Morgan fingerprint density at radius 3 is 2.75 bits per heavy atom. The summed E-state index contributed by atoms with van der Waals surface area (Å²) in [6.07, 6.45) is -0.130. The fourth-order valence-corrected chi connectivity index (χ4v) is 3.18. The number of para-hydroxylation sites is 1. The van der Waals surface area contributed by atoms with Gasteiger partial charge in [0.1, 0.15) is 11.9 Å². The Bertz CT molecular complexity index is 942. The van der Waals surface area contributed by atoms with Gasteiger partial charge >= 0.3 is 0 Å². The van der Waals surface area contributed by atoms with Crippen LogP contribution in [0.3, 0.4) is 0 Å². The van der Waals surface area contributed by atoms with E-state index in [-0.39, 0.29) is 18.6 Å². The molecule has 1 fully saturated rings. The van der Waals surface area contributed by atoms with Crippen molar-refractivity contribution in [2.45, 2.75) is 19.6 Å². The predicted molar refractivity (Wildman–Crippen MR) is 101 cm³/mol. The van der Waals surface area contributed by atoms with E-state index < -0.39 is 0 Å². The smallest absolute Gasteiger partial charge is 0.257 e. The maximum Gasteiger partial charge on any atom is 0.257 e. The molecule has 7 nitrogen and oxygen atoms in total. The molecule has 0 N–H and O–H groups in total. The van der Waals surface area contributed by atoms with Crippen molar-refractivity contribution < 1.29 is 18.8 Å². The third-order valence-corrected chi connectivity index (χ3v) is 4.57. The molecule has 0 saturated carbocycles. The van der Waals surface area contributed by atoms with Crippen molar-refractivity contribution in [3.8, 4) is 5.75 Å². The van der Waals surface area contributed by atoms with E-state index in [2.05, 4.69) is 10.1 Å². The molecule has 1 aliphatic rings. The minimum atomic E-state index is -0.130. The van der Waals surface area contributed by atoms with Crippen LogP contribution < -0.4 is 4.74 Å². The molecule has 4 rings (SSSR count). The Labute approximate surface area is 162 Å². The first kappa shape index (κ1) is 18.2. The molecule has 0 spiro atoms. The summed E-state index contributed by atoms with van der Waals surface area (Å²) in [5.74, 6) is 1.33. The predicted octanol–water partition coefficient (Wildman–Crippen LogP) is 3.17. The standard InChI is InChI=1S/C21H21N3O4/c1-15-22-20(23-28-15)14-27-18-10-6-5-9-17(18)21(25)24-11-12-26-19(13-24)16-7-3-2-4-8-16/h2-10,19H,11-14H2,1H3. The third kappa shape index (κ3) is 4.04. The summed E-state index contributed by atoms with van der Waals surface area (Å²) in [7, 11) is 0. The third-order valence-electron chi connectivity index (χ3n) is 4.57. The number of aromatic nitrogens is 2. The number of aryl methyl sites for hydroxylation is 1. The SMILES string of the molecule is Cc1nc(COc2ccccc2C(=O)N2CCOC(c3ccccc3)C2)no1. The number of rotatable bonds is 5. The zero-order valence-electron chi connectivity index (χ0n) is 15.6. The molecule has 28 heavy (non-hydrogen) atoms. The summed E-state index contributed by atoms with van der Waals surface area (Å²) >= 11 is 0. The van der Waals surface area contributed by atoms with Gasteiger partial charge in [-0.15, -0.1) is 0 Å². The number of morpholine rings is 1. The van der Waals surface area contributed by atoms with Crippen molar-refractivity contribution in [3.05, 3.63) is 77.4 Å². The first-order valence-corrected chi connectivity index (χ1v) is 9.17. The molecule has 1 atom stereocenters. The van der Waals surface area contributed by atoms with Crippen LogP contribution in [0.4, 0.5) is 0 Å². The Morgan fingerprint density at radius 1 is 1.18 bits per heavy atom. The van der Waals surface area contributed by atoms with E-state index in [1.165, 1.54) is 0 Å². The van der Waals surface area contributed by atoms with Gasteiger partial charge in [-0.25, -0.2) is 0 Å². The van der Waals surface area contributed by atoms with Crippen LogP contribution in [0.5, 0.6) is 5.75 Å². The van der Waals surface area contributed by atoms with Crippen molar-refractivity contribution in [1.82, 2.24) is 15.0 Å². The molecular weight excluding hydrogens is 358 g/mol. The average molecular weight is 379 g/mol. The van der Waals surface area contributed by atoms with Crippen LogP contribution in [0.2, 0.25) is 0 Å². The monoisotopic (exact) mass is 379 g/mol. The number of amides is 1. The van der Waals surface area contributed by atoms with Crippen LogP contribution in [0.1, 0.15) is 33.7 Å². The van der Waals surface area contributed by atoms with Crippen molar-refractivity contribution in [1.29, 1.82) is 0 Å². The van der Waals surface area contributed by atoms with E-state index in [9.17, 15) is 4.79 Å². The van der Waals surface area contributed by atoms with Crippen LogP contribution in [0.15, 0.2) is 59.1 Å². The Balaban J connectivity index is 1.48. The number of hydrogen-bond donors (Lipinski definition) is 0. The fraction of sp³-hybridized carbons (Fsp3) is 0.286. The second-order valence-electron chi connectivity index (χ2n) is 6.54. The van der Waals surface area contributed by atoms with E-state index in [4.69, 9.17) is 14.0 Å². The van der Waals surface area contributed by atoms with Crippen molar-refractivity contribution in [3.63, 3.8) is 0 Å². The van der Waals surface area contributed by atoms with Gasteiger partial charge in [0.05, 0.1) is 18.7 Å². The molecule has 1 amide bonds. The Morgan fingerprint density at radius 2 is 1.96 bits per heavy atom. The molecule has 144 valence electrons. The number of ether oxygens (including phenoxy) is 2. The van der Waals surface area contributed by atoms with Gasteiger partial charge in [0.15, 0.2) is 6.61 Å². The molecule has 2 aromatic carbocycles. The normalized spacial score (nSPS) is 16.8. The van der Waals surface area contributed by atoms with Crippen LogP contribution in [-0.4, -0.2) is 40.6 Å². The molecule has 1 aliphatic heterocycles. The number of carbonyl (C=O) groups is 1. The zero-order valence-corrected chi connectivity index (χ0v) is 15.6.